The number of carbonyl (C=O) groups excluding carboxylic acids is 1. The summed E-state index contributed by atoms with van der Waals surface area (Å²) in [7, 11) is 0. The van der Waals surface area contributed by atoms with E-state index in [1.807, 2.05) is 0 Å². The van der Waals surface area contributed by atoms with Gasteiger partial charge < -0.3 is 14.6 Å². The number of aliphatic hydroxyl groups excluding tert-OH is 1. The Morgan fingerprint density at radius 2 is 2.50 bits per heavy atom. The van der Waals surface area contributed by atoms with E-state index in [0.29, 0.717) is 12.8 Å². The molecule has 0 aromatic rings. The fourth-order valence-electron chi connectivity index (χ4n) is 1.41. The van der Waals surface area contributed by atoms with Crippen LogP contribution in [-0.4, -0.2) is 29.6 Å². The maximum atomic E-state index is 10.7. The van der Waals surface area contributed by atoms with Crippen molar-refractivity contribution in [3.63, 3.8) is 0 Å². The lowest BCUT2D eigenvalue weighted by molar-refractivity contribution is -0.226. The van der Waals surface area contributed by atoms with Crippen molar-refractivity contribution >= 4 is 5.97 Å². The second-order valence-electron chi connectivity index (χ2n) is 3.07. The predicted octanol–water partition coefficient (Wildman–Crippen LogP) is -0.0330. The van der Waals surface area contributed by atoms with Crippen LogP contribution >= 0.6 is 0 Å². The number of ether oxygens (including phenoxy) is 2. The fourth-order valence-corrected chi connectivity index (χ4v) is 1.41. The number of hydrogen-bond donors (Lipinski definition) is 1. The van der Waals surface area contributed by atoms with Crippen molar-refractivity contribution in [1.29, 1.82) is 0 Å². The average Bonchev–Trinajstić information content (AvgIpc) is 2.40. The van der Waals surface area contributed by atoms with Gasteiger partial charge in [-0.1, -0.05) is 0 Å². The molecule has 2 aliphatic rings. The van der Waals surface area contributed by atoms with Crippen LogP contribution in [0.2, 0.25) is 0 Å². The van der Waals surface area contributed by atoms with Gasteiger partial charge in [0.05, 0.1) is 12.7 Å². The molecule has 0 amide bonds. The number of esters is 1. The highest BCUT2D eigenvalue weighted by molar-refractivity contribution is 5.84. The van der Waals surface area contributed by atoms with E-state index in [0.717, 1.165) is 0 Å². The lowest BCUT2D eigenvalue weighted by Gasteiger charge is -2.32. The first kappa shape index (κ1) is 7.76. The SMILES string of the molecule is O=C1C=C[C@]2(CC[C@@H](O)CO2)O1. The van der Waals surface area contributed by atoms with Crippen LogP contribution in [0.3, 0.4) is 0 Å². The van der Waals surface area contributed by atoms with E-state index in [2.05, 4.69) is 0 Å². The lowest BCUT2D eigenvalue weighted by atomic mass is 10.0. The molecule has 4 heteroatoms. The molecule has 1 fully saturated rings. The minimum Gasteiger partial charge on any atom is -0.426 e. The summed E-state index contributed by atoms with van der Waals surface area (Å²) < 4.78 is 10.2. The molecule has 0 aromatic heterocycles. The molecular weight excluding hydrogens is 160 g/mol. The summed E-state index contributed by atoms with van der Waals surface area (Å²) in [6.07, 6.45) is 3.69. The molecule has 0 aliphatic carbocycles. The van der Waals surface area contributed by atoms with Crippen LogP contribution in [-0.2, 0) is 14.3 Å². The third-order valence-corrected chi connectivity index (χ3v) is 2.09. The zero-order valence-electron chi connectivity index (χ0n) is 6.53. The number of hydrogen-bond acceptors (Lipinski definition) is 4. The molecule has 66 valence electrons. The zero-order chi connectivity index (χ0) is 8.60. The molecule has 0 aromatic carbocycles. The largest absolute Gasteiger partial charge is 0.426 e. The van der Waals surface area contributed by atoms with Crippen LogP contribution in [0.5, 0.6) is 0 Å². The summed E-state index contributed by atoms with van der Waals surface area (Å²) in [5.74, 6) is -1.23. The Labute approximate surface area is 69.8 Å². The van der Waals surface area contributed by atoms with Gasteiger partial charge in [-0.15, -0.1) is 0 Å². The molecule has 2 rings (SSSR count). The minimum atomic E-state index is -0.865. The van der Waals surface area contributed by atoms with Gasteiger partial charge in [0.1, 0.15) is 0 Å². The quantitative estimate of drug-likeness (QED) is 0.518. The molecule has 2 atom stereocenters. The van der Waals surface area contributed by atoms with Gasteiger partial charge in [0.2, 0.25) is 5.79 Å². The van der Waals surface area contributed by atoms with Crippen LogP contribution in [0.1, 0.15) is 12.8 Å². The predicted molar refractivity (Wildman–Crippen MR) is 39.2 cm³/mol. The Morgan fingerprint density at radius 3 is 3.00 bits per heavy atom. The van der Waals surface area contributed by atoms with Crippen molar-refractivity contribution in [2.24, 2.45) is 0 Å². The summed E-state index contributed by atoms with van der Waals surface area (Å²) in [5, 5.41) is 9.13. The van der Waals surface area contributed by atoms with Gasteiger partial charge in [-0.2, -0.15) is 0 Å². The van der Waals surface area contributed by atoms with E-state index < -0.39 is 11.9 Å². The highest BCUT2D eigenvalue weighted by Gasteiger charge is 2.40. The Bertz CT molecular complexity index is 225. The Morgan fingerprint density at radius 1 is 1.67 bits per heavy atom. The van der Waals surface area contributed by atoms with Gasteiger partial charge in [0, 0.05) is 12.5 Å². The van der Waals surface area contributed by atoms with E-state index in [1.165, 1.54) is 6.08 Å². The highest BCUT2D eigenvalue weighted by Crippen LogP contribution is 2.31. The van der Waals surface area contributed by atoms with Crippen molar-refractivity contribution in [3.05, 3.63) is 12.2 Å². The smallest absolute Gasteiger partial charge is 0.333 e. The first-order valence-electron chi connectivity index (χ1n) is 3.94. The molecule has 12 heavy (non-hydrogen) atoms. The fraction of sp³-hybridized carbons (Fsp3) is 0.625. The van der Waals surface area contributed by atoms with Crippen LogP contribution in [0, 0.1) is 0 Å². The van der Waals surface area contributed by atoms with Crippen molar-refractivity contribution < 1.29 is 19.4 Å². The molecule has 0 bridgehead atoms. The zero-order valence-corrected chi connectivity index (χ0v) is 6.53. The molecule has 0 saturated carbocycles. The molecule has 1 saturated heterocycles. The summed E-state index contributed by atoms with van der Waals surface area (Å²) in [6.45, 7) is 0.234. The van der Waals surface area contributed by atoms with Gasteiger partial charge in [-0.25, -0.2) is 4.79 Å². The Hall–Kier alpha value is -0.870. The number of carbonyl (C=O) groups is 1. The third kappa shape index (κ3) is 1.23. The van der Waals surface area contributed by atoms with Crippen molar-refractivity contribution in [3.8, 4) is 0 Å². The Balaban J connectivity index is 2.05. The molecule has 2 aliphatic heterocycles. The first-order chi connectivity index (χ1) is 5.70. The monoisotopic (exact) mass is 170 g/mol. The molecule has 2 heterocycles. The summed E-state index contributed by atoms with van der Waals surface area (Å²) in [4.78, 5) is 10.7. The average molecular weight is 170 g/mol. The minimum absolute atomic E-state index is 0.234. The van der Waals surface area contributed by atoms with Crippen LogP contribution in [0.25, 0.3) is 0 Å². The second-order valence-corrected chi connectivity index (χ2v) is 3.07. The van der Waals surface area contributed by atoms with Crippen LogP contribution in [0.15, 0.2) is 12.2 Å². The van der Waals surface area contributed by atoms with Gasteiger partial charge in [-0.05, 0) is 12.5 Å². The molecule has 1 spiro atoms. The maximum Gasteiger partial charge on any atom is 0.333 e. The first-order valence-corrected chi connectivity index (χ1v) is 3.94. The van der Waals surface area contributed by atoms with E-state index >= 15 is 0 Å². The second kappa shape index (κ2) is 2.57. The molecule has 0 unspecified atom stereocenters. The van der Waals surface area contributed by atoms with E-state index in [4.69, 9.17) is 14.6 Å². The highest BCUT2D eigenvalue weighted by atomic mass is 16.7. The lowest BCUT2D eigenvalue weighted by Crippen LogP contribution is -2.40. The van der Waals surface area contributed by atoms with Crippen molar-refractivity contribution in [1.82, 2.24) is 0 Å². The van der Waals surface area contributed by atoms with E-state index in [1.54, 1.807) is 6.08 Å². The number of rotatable bonds is 0. The third-order valence-electron chi connectivity index (χ3n) is 2.09. The summed E-state index contributed by atoms with van der Waals surface area (Å²) in [5.41, 5.74) is 0. The molecule has 0 radical (unpaired) electrons. The van der Waals surface area contributed by atoms with Crippen LogP contribution < -0.4 is 0 Å². The van der Waals surface area contributed by atoms with Gasteiger partial charge in [0.25, 0.3) is 0 Å². The van der Waals surface area contributed by atoms with E-state index in [9.17, 15) is 4.79 Å². The topological polar surface area (TPSA) is 55.8 Å². The van der Waals surface area contributed by atoms with Gasteiger partial charge in [0.15, 0.2) is 0 Å². The van der Waals surface area contributed by atoms with Gasteiger partial charge >= 0.3 is 5.97 Å². The van der Waals surface area contributed by atoms with Gasteiger partial charge in [-0.3, -0.25) is 0 Å². The Kier molecular flexibility index (Phi) is 1.66. The normalized spacial score (nSPS) is 40.4. The van der Waals surface area contributed by atoms with Crippen molar-refractivity contribution in [2.75, 3.05) is 6.61 Å². The van der Waals surface area contributed by atoms with Crippen LogP contribution in [0.4, 0.5) is 0 Å². The maximum absolute atomic E-state index is 10.7. The number of aliphatic hydroxyl groups is 1. The van der Waals surface area contributed by atoms with Crippen molar-refractivity contribution in [2.45, 2.75) is 24.7 Å². The molecule has 4 nitrogen and oxygen atoms in total. The summed E-state index contributed by atoms with van der Waals surface area (Å²) >= 11 is 0. The standard InChI is InChI=1S/C8H10O4/c9-6-1-3-8(11-5-6)4-2-7(10)12-8/h2,4,6,9H,1,3,5H2/t6-,8+/m1/s1. The van der Waals surface area contributed by atoms with E-state index in [-0.39, 0.29) is 12.6 Å². The molecule has 1 N–H and O–H groups in total. The molecular formula is C8H10O4. The summed E-state index contributed by atoms with van der Waals surface area (Å²) in [6, 6.07) is 0.